The second-order valence-electron chi connectivity index (χ2n) is 2.67. The summed E-state index contributed by atoms with van der Waals surface area (Å²) in [4.78, 5) is 0. The van der Waals surface area contributed by atoms with Crippen molar-refractivity contribution in [1.82, 2.24) is 10.2 Å². The molecule has 1 heterocycles. The first kappa shape index (κ1) is 14.3. The highest BCUT2D eigenvalue weighted by Gasteiger charge is 2.05. The number of nitrogens with one attached hydrogen (secondary N) is 1. The highest BCUT2D eigenvalue weighted by atomic mass is 35.5. The first-order chi connectivity index (χ1) is 4.75. The Labute approximate surface area is 84.9 Å². The van der Waals surface area contributed by atoms with Crippen LogP contribution >= 0.6 is 24.8 Å². The molecule has 0 spiro atoms. The van der Waals surface area contributed by atoms with Gasteiger partial charge >= 0.3 is 0 Å². The third-order valence-corrected chi connectivity index (χ3v) is 1.55. The third kappa shape index (κ3) is 3.01. The van der Waals surface area contributed by atoms with E-state index in [9.17, 15) is 0 Å². The Bertz CT molecular complexity index is 210. The monoisotopic (exact) mass is 211 g/mol. The molecule has 12 heavy (non-hydrogen) atoms. The molecule has 0 aliphatic rings. The fourth-order valence-electron chi connectivity index (χ4n) is 0.984. The highest BCUT2D eigenvalue weighted by molar-refractivity contribution is 5.85. The molecule has 5 heteroatoms. The van der Waals surface area contributed by atoms with E-state index in [1.165, 1.54) is 0 Å². The van der Waals surface area contributed by atoms with E-state index in [1.807, 2.05) is 0 Å². The molecule has 0 atom stereocenters. The number of nitrogens with two attached hydrogens (primary N) is 1. The number of hydrogen-bond donors (Lipinski definition) is 2. The topological polar surface area (TPSA) is 54.7 Å². The van der Waals surface area contributed by atoms with Crippen LogP contribution in [0.25, 0.3) is 0 Å². The maximum atomic E-state index is 5.47. The lowest BCUT2D eigenvalue weighted by atomic mass is 10.1. The first-order valence-electron chi connectivity index (χ1n) is 3.48. The Morgan fingerprint density at radius 1 is 1.50 bits per heavy atom. The molecule has 3 N–H and O–H groups in total. The number of H-pyrrole nitrogens is 1. The van der Waals surface area contributed by atoms with Crippen LogP contribution in [0.4, 0.5) is 0 Å². The molecule has 0 aliphatic heterocycles. The molecular formula is C7H15Cl2N3. The Balaban J connectivity index is 0. The largest absolute Gasteiger partial charge is 0.326 e. The summed E-state index contributed by atoms with van der Waals surface area (Å²) in [5, 5.41) is 6.84. The molecule has 0 aliphatic carbocycles. The average molecular weight is 212 g/mol. The minimum absolute atomic E-state index is 0. The molecular weight excluding hydrogens is 197 g/mol. The van der Waals surface area contributed by atoms with Crippen LogP contribution in [-0.4, -0.2) is 10.2 Å². The van der Waals surface area contributed by atoms with Gasteiger partial charge < -0.3 is 5.73 Å². The normalized spacial score (nSPS) is 9.00. The van der Waals surface area contributed by atoms with E-state index in [1.54, 1.807) is 6.20 Å². The molecule has 0 amide bonds. The van der Waals surface area contributed by atoms with Gasteiger partial charge in [0, 0.05) is 17.8 Å². The van der Waals surface area contributed by atoms with Crippen LogP contribution in [-0.2, 0) is 6.54 Å². The predicted octanol–water partition coefficient (Wildman–Crippen LogP) is 1.84. The first-order valence-corrected chi connectivity index (χ1v) is 3.48. The van der Waals surface area contributed by atoms with E-state index in [-0.39, 0.29) is 24.8 Å². The van der Waals surface area contributed by atoms with Gasteiger partial charge in [0.25, 0.3) is 0 Å². The van der Waals surface area contributed by atoms with Crippen molar-refractivity contribution in [3.63, 3.8) is 0 Å². The molecule has 0 radical (unpaired) electrons. The lowest BCUT2D eigenvalue weighted by molar-refractivity contribution is 0.794. The summed E-state index contributed by atoms with van der Waals surface area (Å²) in [6, 6.07) is 0. The van der Waals surface area contributed by atoms with Gasteiger partial charge in [-0.15, -0.1) is 24.8 Å². The average Bonchev–Trinajstić information content (AvgIpc) is 2.33. The second kappa shape index (κ2) is 6.29. The highest BCUT2D eigenvalue weighted by Crippen LogP contribution is 2.14. The lowest BCUT2D eigenvalue weighted by Gasteiger charge is -2.02. The van der Waals surface area contributed by atoms with Gasteiger partial charge in [-0.2, -0.15) is 5.10 Å². The fourth-order valence-corrected chi connectivity index (χ4v) is 0.984. The standard InChI is InChI=1S/C7H13N3.2ClH/c1-5(2)7-6(3-8)4-9-10-7;;/h4-5H,3,8H2,1-2H3,(H,9,10);2*1H. The molecule has 1 rings (SSSR count). The summed E-state index contributed by atoms with van der Waals surface area (Å²) in [6.07, 6.45) is 1.79. The van der Waals surface area contributed by atoms with E-state index in [4.69, 9.17) is 5.73 Å². The van der Waals surface area contributed by atoms with Gasteiger partial charge in [0.2, 0.25) is 0 Å². The smallest absolute Gasteiger partial charge is 0.0535 e. The van der Waals surface area contributed by atoms with Gasteiger partial charge in [-0.25, -0.2) is 0 Å². The van der Waals surface area contributed by atoms with Crippen molar-refractivity contribution in [2.75, 3.05) is 0 Å². The van der Waals surface area contributed by atoms with Crippen LogP contribution in [0.5, 0.6) is 0 Å². The van der Waals surface area contributed by atoms with Crippen LogP contribution in [0.2, 0.25) is 0 Å². The van der Waals surface area contributed by atoms with Crippen molar-refractivity contribution in [1.29, 1.82) is 0 Å². The minimum Gasteiger partial charge on any atom is -0.326 e. The Morgan fingerprint density at radius 3 is 2.42 bits per heavy atom. The van der Waals surface area contributed by atoms with Gasteiger partial charge in [-0.05, 0) is 5.92 Å². The van der Waals surface area contributed by atoms with Crippen LogP contribution in [0.15, 0.2) is 6.20 Å². The lowest BCUT2D eigenvalue weighted by Crippen LogP contribution is -2.00. The zero-order chi connectivity index (χ0) is 7.56. The summed E-state index contributed by atoms with van der Waals surface area (Å²) in [5.41, 5.74) is 7.75. The molecule has 3 nitrogen and oxygen atoms in total. The third-order valence-electron chi connectivity index (χ3n) is 1.55. The van der Waals surface area contributed by atoms with Crippen molar-refractivity contribution in [2.45, 2.75) is 26.3 Å². The van der Waals surface area contributed by atoms with Gasteiger partial charge in [0.15, 0.2) is 0 Å². The van der Waals surface area contributed by atoms with Crippen molar-refractivity contribution < 1.29 is 0 Å². The molecule has 0 saturated heterocycles. The molecule has 0 saturated carbocycles. The number of nitrogens with zero attached hydrogens (tertiary/aromatic N) is 1. The fraction of sp³-hybridized carbons (Fsp3) is 0.571. The molecule has 72 valence electrons. The van der Waals surface area contributed by atoms with Crippen molar-refractivity contribution in [3.8, 4) is 0 Å². The van der Waals surface area contributed by atoms with Gasteiger partial charge in [-0.1, -0.05) is 13.8 Å². The van der Waals surface area contributed by atoms with Crippen LogP contribution in [0, 0.1) is 0 Å². The number of halogens is 2. The Morgan fingerprint density at radius 2 is 2.08 bits per heavy atom. The van der Waals surface area contributed by atoms with Crippen LogP contribution in [0.3, 0.4) is 0 Å². The van der Waals surface area contributed by atoms with E-state index >= 15 is 0 Å². The summed E-state index contributed by atoms with van der Waals surface area (Å²) in [6.45, 7) is 4.81. The molecule has 0 fully saturated rings. The van der Waals surface area contributed by atoms with E-state index in [0.717, 1.165) is 11.3 Å². The van der Waals surface area contributed by atoms with Crippen LogP contribution < -0.4 is 5.73 Å². The summed E-state index contributed by atoms with van der Waals surface area (Å²) < 4.78 is 0. The van der Waals surface area contributed by atoms with Crippen LogP contribution in [0.1, 0.15) is 31.0 Å². The van der Waals surface area contributed by atoms with E-state index in [2.05, 4.69) is 24.0 Å². The second-order valence-corrected chi connectivity index (χ2v) is 2.67. The van der Waals surface area contributed by atoms with Crippen molar-refractivity contribution >= 4 is 24.8 Å². The maximum Gasteiger partial charge on any atom is 0.0535 e. The van der Waals surface area contributed by atoms with Gasteiger partial charge in [0.1, 0.15) is 0 Å². The summed E-state index contributed by atoms with van der Waals surface area (Å²) >= 11 is 0. The number of aromatic nitrogens is 2. The van der Waals surface area contributed by atoms with E-state index < -0.39 is 0 Å². The molecule has 0 unspecified atom stereocenters. The maximum absolute atomic E-state index is 5.47. The zero-order valence-corrected chi connectivity index (χ0v) is 8.84. The molecule has 1 aromatic heterocycles. The Kier molecular flexibility index (Phi) is 7.48. The number of aromatic amines is 1. The zero-order valence-electron chi connectivity index (χ0n) is 7.20. The minimum atomic E-state index is 0. The number of rotatable bonds is 2. The van der Waals surface area contributed by atoms with Gasteiger partial charge in [-0.3, -0.25) is 5.10 Å². The Hall–Kier alpha value is -0.250. The van der Waals surface area contributed by atoms with Gasteiger partial charge in [0.05, 0.1) is 6.20 Å². The molecule has 0 bridgehead atoms. The molecule has 0 aromatic carbocycles. The SMILES string of the molecule is CC(C)c1[nH]ncc1CN.Cl.Cl. The molecule has 1 aromatic rings. The summed E-state index contributed by atoms with van der Waals surface area (Å²) in [5.74, 6) is 0.487. The summed E-state index contributed by atoms with van der Waals surface area (Å²) in [7, 11) is 0. The number of hydrogen-bond acceptors (Lipinski definition) is 2. The van der Waals surface area contributed by atoms with Crippen molar-refractivity contribution in [2.24, 2.45) is 5.73 Å². The van der Waals surface area contributed by atoms with Crippen molar-refractivity contribution in [3.05, 3.63) is 17.5 Å². The predicted molar refractivity (Wildman–Crippen MR) is 55.1 cm³/mol. The quantitative estimate of drug-likeness (QED) is 0.785. The van der Waals surface area contributed by atoms with E-state index in [0.29, 0.717) is 12.5 Å².